The van der Waals surface area contributed by atoms with Gasteiger partial charge in [-0.3, -0.25) is 29.4 Å². The van der Waals surface area contributed by atoms with Crippen molar-refractivity contribution in [1.29, 1.82) is 0 Å². The number of alkyl halides is 3. The average Bonchev–Trinajstić information content (AvgIpc) is 3.53. The molecule has 0 bridgehead atoms. The van der Waals surface area contributed by atoms with Crippen LogP contribution in [0.1, 0.15) is 75.6 Å². The number of hydrogen-bond acceptors (Lipinski definition) is 10. The number of halogens is 3. The molecule has 4 aromatic rings. The van der Waals surface area contributed by atoms with Crippen LogP contribution in [0.4, 0.5) is 24.5 Å². The minimum absolute atomic E-state index is 0.0730. The van der Waals surface area contributed by atoms with Crippen molar-refractivity contribution in [1.82, 2.24) is 30.0 Å². The highest BCUT2D eigenvalue weighted by Gasteiger charge is 2.40. The summed E-state index contributed by atoms with van der Waals surface area (Å²) in [7, 11) is 0. The van der Waals surface area contributed by atoms with Gasteiger partial charge in [-0.1, -0.05) is 12.1 Å². The van der Waals surface area contributed by atoms with Crippen LogP contribution in [-0.4, -0.2) is 107 Å². The van der Waals surface area contributed by atoms with Crippen LogP contribution in [0.2, 0.25) is 0 Å². The lowest BCUT2D eigenvalue weighted by Gasteiger charge is -2.36. The van der Waals surface area contributed by atoms with E-state index in [2.05, 4.69) is 54.1 Å². The van der Waals surface area contributed by atoms with Crippen molar-refractivity contribution in [2.45, 2.75) is 63.4 Å². The zero-order valence-corrected chi connectivity index (χ0v) is 31.3. The first kappa shape index (κ1) is 38.1. The predicted molar refractivity (Wildman–Crippen MR) is 204 cm³/mol. The molecule has 0 aliphatic carbocycles. The first-order valence-electron chi connectivity index (χ1n) is 19.3. The third-order valence-corrected chi connectivity index (χ3v) is 11.6. The molecule has 3 aromatic carbocycles. The van der Waals surface area contributed by atoms with Crippen LogP contribution in [-0.2, 0) is 22.6 Å². The number of amides is 4. The van der Waals surface area contributed by atoms with Crippen molar-refractivity contribution in [3.05, 3.63) is 88.9 Å². The molecule has 1 unspecified atom stereocenters. The molecule has 1 atom stereocenters. The smallest absolute Gasteiger partial charge is 0.406 e. The number of nitrogens with zero attached hydrogens (tertiary/aromatic N) is 6. The number of imide groups is 1. The topological polar surface area (TPSA) is 154 Å². The molecule has 3 fully saturated rings. The summed E-state index contributed by atoms with van der Waals surface area (Å²) in [4.78, 5) is 68.0. The molecule has 1 aromatic heterocycles. The molecule has 5 heterocycles. The normalized spacial score (nSPS) is 19.6. The van der Waals surface area contributed by atoms with Gasteiger partial charge in [0.05, 0.1) is 16.8 Å². The molecule has 13 nitrogen and oxygen atoms in total. The maximum atomic E-state index is 13.2. The van der Waals surface area contributed by atoms with Gasteiger partial charge in [0, 0.05) is 86.5 Å². The number of anilines is 2. The summed E-state index contributed by atoms with van der Waals surface area (Å²) < 4.78 is 41.8. The zero-order valence-electron chi connectivity index (χ0n) is 31.3. The van der Waals surface area contributed by atoms with Gasteiger partial charge in [-0.2, -0.15) is 0 Å². The Hall–Kier alpha value is -5.77. The van der Waals surface area contributed by atoms with Gasteiger partial charge >= 0.3 is 6.36 Å². The number of fused-ring (bicyclic) bond motifs is 2. The highest BCUT2D eigenvalue weighted by molar-refractivity contribution is 6.05. The van der Waals surface area contributed by atoms with E-state index >= 15 is 0 Å². The van der Waals surface area contributed by atoms with Crippen LogP contribution in [0.5, 0.6) is 5.75 Å². The Labute approximate surface area is 326 Å². The number of piperidine rings is 2. The summed E-state index contributed by atoms with van der Waals surface area (Å²) in [6, 6.07) is 14.9. The monoisotopic (exact) mass is 784 g/mol. The van der Waals surface area contributed by atoms with Crippen LogP contribution in [0.25, 0.3) is 10.9 Å². The fraction of sp³-hybridized carbons (Fsp3) is 0.415. The molecule has 3 saturated heterocycles. The SMILES string of the molecule is Nc1cc(OC(F)(F)F)ccc1C(=O)N1CCC(c2ncnc3cc(N4CCN(CCCc5cccc6c5CN(C5CCC(=O)NC5=O)C6=O)CC4)ccc23)CC1. The van der Waals surface area contributed by atoms with Gasteiger partial charge < -0.3 is 25.2 Å². The number of hydrogen-bond donors (Lipinski definition) is 2. The third-order valence-electron chi connectivity index (χ3n) is 11.6. The van der Waals surface area contributed by atoms with Crippen LogP contribution >= 0.6 is 0 Å². The number of nitrogens with one attached hydrogen (secondary N) is 1. The van der Waals surface area contributed by atoms with E-state index in [0.717, 1.165) is 91.1 Å². The van der Waals surface area contributed by atoms with Crippen LogP contribution < -0.4 is 20.7 Å². The van der Waals surface area contributed by atoms with Gasteiger partial charge in [0.15, 0.2) is 0 Å². The lowest BCUT2D eigenvalue weighted by atomic mass is 9.90. The standard InChI is InChI=1S/C41H43F3N8O5/c42-41(43,44)57-28-7-9-30(33(45)22-28)39(55)51-15-12-26(13-16-51)37-31-8-6-27(21-34(31)46-24-47-37)50-19-17-49(18-20-50)14-2-4-25-3-1-5-29-32(25)23-52(40(29)56)35-10-11-36(53)48-38(35)54/h1,3,5-9,21-22,24,26,35H,2,4,10-20,23,45H2,(H,48,53,54). The van der Waals surface area contributed by atoms with E-state index in [1.54, 1.807) is 16.1 Å². The van der Waals surface area contributed by atoms with Crippen molar-refractivity contribution < 1.29 is 37.1 Å². The number of nitrogens with two attached hydrogens (primary N) is 1. The summed E-state index contributed by atoms with van der Waals surface area (Å²) in [5.74, 6) is -1.54. The number of benzene rings is 3. The third kappa shape index (κ3) is 8.08. The highest BCUT2D eigenvalue weighted by Crippen LogP contribution is 2.35. The number of nitrogen functional groups attached to an aromatic ring is 1. The number of ether oxygens (including phenoxy) is 1. The molecule has 0 radical (unpaired) electrons. The van der Waals surface area contributed by atoms with E-state index in [-0.39, 0.29) is 41.3 Å². The highest BCUT2D eigenvalue weighted by atomic mass is 19.4. The second-order valence-corrected chi connectivity index (χ2v) is 15.1. The number of carbonyl (C=O) groups is 4. The molecule has 57 heavy (non-hydrogen) atoms. The summed E-state index contributed by atoms with van der Waals surface area (Å²) in [6.45, 7) is 5.78. The van der Waals surface area contributed by atoms with Gasteiger partial charge in [0.25, 0.3) is 11.8 Å². The van der Waals surface area contributed by atoms with Gasteiger partial charge in [-0.15, -0.1) is 13.2 Å². The summed E-state index contributed by atoms with van der Waals surface area (Å²) in [5.41, 5.74) is 11.7. The second kappa shape index (κ2) is 15.6. The number of rotatable bonds is 9. The van der Waals surface area contributed by atoms with E-state index in [9.17, 15) is 32.3 Å². The Kier molecular flexibility index (Phi) is 10.5. The predicted octanol–water partition coefficient (Wildman–Crippen LogP) is 4.65. The van der Waals surface area contributed by atoms with E-state index in [1.807, 2.05) is 12.1 Å². The van der Waals surface area contributed by atoms with Crippen molar-refractivity contribution in [2.75, 3.05) is 56.4 Å². The Balaban J connectivity index is 0.827. The van der Waals surface area contributed by atoms with E-state index in [4.69, 9.17) is 5.73 Å². The van der Waals surface area contributed by atoms with E-state index in [1.165, 1.54) is 6.07 Å². The Morgan fingerprint density at radius 1 is 0.930 bits per heavy atom. The molecular formula is C41H43F3N8O5. The number of likely N-dealkylation sites (tertiary alicyclic amines) is 1. The average molecular weight is 785 g/mol. The molecule has 4 aliphatic heterocycles. The summed E-state index contributed by atoms with van der Waals surface area (Å²) in [5, 5.41) is 3.34. The van der Waals surface area contributed by atoms with E-state index < -0.39 is 24.1 Å². The van der Waals surface area contributed by atoms with E-state index in [0.29, 0.717) is 44.5 Å². The summed E-state index contributed by atoms with van der Waals surface area (Å²) >= 11 is 0. The molecule has 4 amide bonds. The lowest BCUT2D eigenvalue weighted by molar-refractivity contribution is -0.274. The van der Waals surface area contributed by atoms with Crippen molar-refractivity contribution in [3.8, 4) is 5.75 Å². The van der Waals surface area contributed by atoms with Crippen molar-refractivity contribution in [2.24, 2.45) is 0 Å². The summed E-state index contributed by atoms with van der Waals surface area (Å²) in [6.07, 6.45) is 0.422. The van der Waals surface area contributed by atoms with Crippen LogP contribution in [0, 0.1) is 0 Å². The molecule has 8 rings (SSSR count). The van der Waals surface area contributed by atoms with Crippen LogP contribution in [0.3, 0.4) is 0 Å². The maximum absolute atomic E-state index is 13.2. The molecule has 3 N–H and O–H groups in total. The van der Waals surface area contributed by atoms with Crippen molar-refractivity contribution >= 4 is 45.9 Å². The molecule has 4 aliphatic rings. The molecule has 0 spiro atoms. The van der Waals surface area contributed by atoms with Gasteiger partial charge in [0.1, 0.15) is 18.1 Å². The molecular weight excluding hydrogens is 741 g/mol. The van der Waals surface area contributed by atoms with Crippen LogP contribution in [0.15, 0.2) is 60.9 Å². The molecule has 0 saturated carbocycles. The minimum Gasteiger partial charge on any atom is -0.406 e. The van der Waals surface area contributed by atoms with Gasteiger partial charge in [0.2, 0.25) is 11.8 Å². The fourth-order valence-electron chi connectivity index (χ4n) is 8.65. The Morgan fingerprint density at radius 2 is 1.72 bits per heavy atom. The number of carbonyl (C=O) groups excluding carboxylic acids is 4. The van der Waals surface area contributed by atoms with Gasteiger partial charge in [-0.05, 0) is 86.2 Å². The minimum atomic E-state index is -4.85. The first-order chi connectivity index (χ1) is 27.4. The van der Waals surface area contributed by atoms with Gasteiger partial charge in [-0.25, -0.2) is 9.97 Å². The largest absolute Gasteiger partial charge is 0.573 e. The number of aryl methyl sites for hydroxylation is 1. The number of aromatic nitrogens is 2. The number of piperazine rings is 1. The first-order valence-corrected chi connectivity index (χ1v) is 19.3. The Bertz CT molecular complexity index is 2220. The Morgan fingerprint density at radius 3 is 2.46 bits per heavy atom. The second-order valence-electron chi connectivity index (χ2n) is 15.1. The van der Waals surface area contributed by atoms with Crippen molar-refractivity contribution in [3.63, 3.8) is 0 Å². The fourth-order valence-corrected chi connectivity index (χ4v) is 8.65. The maximum Gasteiger partial charge on any atom is 0.573 e. The lowest BCUT2D eigenvalue weighted by Crippen LogP contribution is -2.52. The zero-order chi connectivity index (χ0) is 39.8. The quantitative estimate of drug-likeness (QED) is 0.181. The molecule has 298 valence electrons. The molecule has 16 heteroatoms.